The van der Waals surface area contributed by atoms with Gasteiger partial charge in [-0.1, -0.05) is 0 Å². The molecule has 144 valence electrons. The van der Waals surface area contributed by atoms with E-state index >= 15 is 0 Å². The summed E-state index contributed by atoms with van der Waals surface area (Å²) < 4.78 is 14.0. The fraction of sp³-hybridized carbons (Fsp3) is 0.579. The monoisotopic (exact) mass is 371 g/mol. The number of carbonyl (C=O) groups excluding carboxylic acids is 1. The van der Waals surface area contributed by atoms with E-state index in [4.69, 9.17) is 9.47 Å². The van der Waals surface area contributed by atoms with Crippen LogP contribution in [0.3, 0.4) is 0 Å². The molecule has 1 spiro atoms. The summed E-state index contributed by atoms with van der Waals surface area (Å²) in [5.74, 6) is 0.194. The van der Waals surface area contributed by atoms with Crippen LogP contribution in [-0.4, -0.2) is 61.7 Å². The lowest BCUT2D eigenvalue weighted by Gasteiger charge is -2.45. The first-order valence-corrected chi connectivity index (χ1v) is 9.54. The van der Waals surface area contributed by atoms with E-state index in [1.165, 1.54) is 0 Å². The van der Waals surface area contributed by atoms with E-state index in [0.717, 1.165) is 38.8 Å². The van der Waals surface area contributed by atoms with Crippen LogP contribution in [-0.2, 0) is 16.1 Å². The molecule has 8 nitrogen and oxygen atoms in total. The second kappa shape index (κ2) is 8.04. The molecule has 2 aromatic heterocycles. The molecule has 1 amide bonds. The van der Waals surface area contributed by atoms with Crippen LogP contribution in [0.2, 0.25) is 0 Å². The minimum absolute atomic E-state index is 0.0599. The maximum absolute atomic E-state index is 12.5. The number of rotatable bonds is 5. The second-order valence-electron chi connectivity index (χ2n) is 7.23. The standard InChI is InChI=1S/C19H25N5O3/c25-17(2-9-23-12-8-20-15-23)24-10-4-19(5-11-24)14-16(3-13-26-19)27-18-21-6-1-7-22-18/h1,6-8,12,15-16H,2-5,9-11,13-14H2. The molecule has 1 atom stereocenters. The van der Waals surface area contributed by atoms with E-state index in [9.17, 15) is 4.79 Å². The van der Waals surface area contributed by atoms with Crippen molar-refractivity contribution < 1.29 is 14.3 Å². The Kier molecular flexibility index (Phi) is 5.33. The normalized spacial score (nSPS) is 21.9. The summed E-state index contributed by atoms with van der Waals surface area (Å²) in [5.41, 5.74) is -0.196. The maximum atomic E-state index is 12.5. The molecule has 4 heterocycles. The van der Waals surface area contributed by atoms with Gasteiger partial charge in [0, 0.05) is 63.7 Å². The van der Waals surface area contributed by atoms with E-state index in [1.54, 1.807) is 31.0 Å². The van der Waals surface area contributed by atoms with Gasteiger partial charge in [0.2, 0.25) is 5.91 Å². The molecule has 0 aromatic carbocycles. The largest absolute Gasteiger partial charge is 0.460 e. The average molecular weight is 371 g/mol. The first-order valence-electron chi connectivity index (χ1n) is 9.54. The highest BCUT2D eigenvalue weighted by molar-refractivity contribution is 5.76. The van der Waals surface area contributed by atoms with Gasteiger partial charge in [0.25, 0.3) is 0 Å². The summed E-state index contributed by atoms with van der Waals surface area (Å²) in [7, 11) is 0. The van der Waals surface area contributed by atoms with Crippen molar-refractivity contribution in [3.8, 4) is 6.01 Å². The van der Waals surface area contributed by atoms with Gasteiger partial charge in [-0.15, -0.1) is 0 Å². The molecule has 4 rings (SSSR count). The zero-order valence-corrected chi connectivity index (χ0v) is 15.4. The van der Waals surface area contributed by atoms with Gasteiger partial charge in [0.05, 0.1) is 18.5 Å². The van der Waals surface area contributed by atoms with Crippen molar-refractivity contribution in [3.63, 3.8) is 0 Å². The van der Waals surface area contributed by atoms with Crippen LogP contribution in [0.5, 0.6) is 6.01 Å². The van der Waals surface area contributed by atoms with Crippen LogP contribution >= 0.6 is 0 Å². The van der Waals surface area contributed by atoms with Gasteiger partial charge in [-0.25, -0.2) is 15.0 Å². The van der Waals surface area contributed by atoms with E-state index in [-0.39, 0.29) is 17.6 Å². The fourth-order valence-corrected chi connectivity index (χ4v) is 3.89. The Hall–Kier alpha value is -2.48. The number of hydrogen-bond donors (Lipinski definition) is 0. The van der Waals surface area contributed by atoms with E-state index < -0.39 is 0 Å². The first kappa shape index (κ1) is 17.9. The number of amides is 1. The molecule has 2 aliphatic heterocycles. The smallest absolute Gasteiger partial charge is 0.316 e. The number of aromatic nitrogens is 4. The molecule has 0 saturated carbocycles. The van der Waals surface area contributed by atoms with Gasteiger partial charge in [0.15, 0.2) is 0 Å². The Balaban J connectivity index is 1.27. The van der Waals surface area contributed by atoms with Gasteiger partial charge < -0.3 is 18.9 Å². The summed E-state index contributed by atoms with van der Waals surface area (Å²) in [6.07, 6.45) is 12.6. The molecule has 1 unspecified atom stereocenters. The number of likely N-dealkylation sites (tertiary alicyclic amines) is 1. The number of piperidine rings is 1. The molecule has 2 fully saturated rings. The molecular formula is C19H25N5O3. The molecule has 2 aromatic rings. The third-order valence-corrected chi connectivity index (χ3v) is 5.43. The molecule has 0 aliphatic carbocycles. The van der Waals surface area contributed by atoms with Crippen molar-refractivity contribution in [2.45, 2.75) is 50.4 Å². The molecule has 27 heavy (non-hydrogen) atoms. The van der Waals surface area contributed by atoms with Crippen LogP contribution in [0, 0.1) is 0 Å². The highest BCUT2D eigenvalue weighted by Gasteiger charge is 2.42. The van der Waals surface area contributed by atoms with Crippen molar-refractivity contribution in [1.29, 1.82) is 0 Å². The highest BCUT2D eigenvalue weighted by atomic mass is 16.5. The Morgan fingerprint density at radius 1 is 1.26 bits per heavy atom. The van der Waals surface area contributed by atoms with Crippen LogP contribution in [0.15, 0.2) is 37.2 Å². The molecular weight excluding hydrogens is 346 g/mol. The van der Waals surface area contributed by atoms with Gasteiger partial charge in [-0.3, -0.25) is 4.79 Å². The van der Waals surface area contributed by atoms with Gasteiger partial charge in [0.1, 0.15) is 6.10 Å². The van der Waals surface area contributed by atoms with Crippen LogP contribution < -0.4 is 4.74 Å². The maximum Gasteiger partial charge on any atom is 0.316 e. The first-order chi connectivity index (χ1) is 13.2. The molecule has 0 bridgehead atoms. The minimum Gasteiger partial charge on any atom is -0.460 e. The van der Waals surface area contributed by atoms with Crippen molar-refractivity contribution in [2.75, 3.05) is 19.7 Å². The SMILES string of the molecule is O=C(CCn1ccnc1)N1CCC2(CC1)CC(Oc1ncccn1)CCO2. The Bertz CT molecular complexity index is 729. The van der Waals surface area contributed by atoms with Crippen molar-refractivity contribution in [3.05, 3.63) is 37.2 Å². The summed E-state index contributed by atoms with van der Waals surface area (Å²) in [6.45, 7) is 2.81. The molecule has 2 saturated heterocycles. The number of aryl methyl sites for hydroxylation is 1. The number of hydrogen-bond acceptors (Lipinski definition) is 6. The molecule has 0 N–H and O–H groups in total. The summed E-state index contributed by atoms with van der Waals surface area (Å²) in [4.78, 5) is 26.7. The Labute approximate surface area is 158 Å². The van der Waals surface area contributed by atoms with Gasteiger partial charge in [-0.2, -0.15) is 0 Å². The lowest BCUT2D eigenvalue weighted by molar-refractivity contribution is -0.152. The van der Waals surface area contributed by atoms with Gasteiger partial charge >= 0.3 is 6.01 Å². The third kappa shape index (κ3) is 4.44. The topological polar surface area (TPSA) is 82.4 Å². The van der Waals surface area contributed by atoms with Crippen LogP contribution in [0.25, 0.3) is 0 Å². The zero-order chi connectivity index (χ0) is 18.5. The predicted molar refractivity (Wildman–Crippen MR) is 97.0 cm³/mol. The molecule has 2 aliphatic rings. The summed E-state index contributed by atoms with van der Waals surface area (Å²) >= 11 is 0. The van der Waals surface area contributed by atoms with E-state index in [1.807, 2.05) is 15.7 Å². The van der Waals surface area contributed by atoms with E-state index in [0.29, 0.717) is 25.6 Å². The lowest BCUT2D eigenvalue weighted by atomic mass is 9.83. The minimum atomic E-state index is -0.196. The number of ether oxygens (including phenoxy) is 2. The Morgan fingerprint density at radius 3 is 2.81 bits per heavy atom. The van der Waals surface area contributed by atoms with Crippen molar-refractivity contribution in [1.82, 2.24) is 24.4 Å². The second-order valence-corrected chi connectivity index (χ2v) is 7.23. The average Bonchev–Trinajstić information content (AvgIpc) is 3.21. The van der Waals surface area contributed by atoms with Gasteiger partial charge in [-0.05, 0) is 18.9 Å². The number of imidazole rings is 1. The summed E-state index contributed by atoms with van der Waals surface area (Å²) in [6, 6.07) is 2.20. The molecule has 0 radical (unpaired) electrons. The quantitative estimate of drug-likeness (QED) is 0.795. The number of carbonyl (C=O) groups is 1. The lowest BCUT2D eigenvalue weighted by Crippen LogP contribution is -2.52. The van der Waals surface area contributed by atoms with Crippen molar-refractivity contribution >= 4 is 5.91 Å². The van der Waals surface area contributed by atoms with Crippen molar-refractivity contribution in [2.24, 2.45) is 0 Å². The zero-order valence-electron chi connectivity index (χ0n) is 15.4. The van der Waals surface area contributed by atoms with Crippen LogP contribution in [0.4, 0.5) is 0 Å². The Morgan fingerprint density at radius 2 is 2.07 bits per heavy atom. The highest BCUT2D eigenvalue weighted by Crippen LogP contribution is 2.36. The predicted octanol–water partition coefficient (Wildman–Crippen LogP) is 1.68. The number of nitrogens with zero attached hydrogens (tertiary/aromatic N) is 5. The van der Waals surface area contributed by atoms with Crippen LogP contribution in [0.1, 0.15) is 32.1 Å². The molecule has 8 heteroatoms. The van der Waals surface area contributed by atoms with E-state index in [2.05, 4.69) is 15.0 Å². The fourth-order valence-electron chi connectivity index (χ4n) is 3.89. The summed E-state index contributed by atoms with van der Waals surface area (Å²) in [5, 5.41) is 0. The third-order valence-electron chi connectivity index (χ3n) is 5.43.